The lowest BCUT2D eigenvalue weighted by molar-refractivity contribution is -0.124. The van der Waals surface area contributed by atoms with Crippen molar-refractivity contribution in [2.24, 2.45) is 11.8 Å². The van der Waals surface area contributed by atoms with Crippen LogP contribution in [-0.4, -0.2) is 62.5 Å². The summed E-state index contributed by atoms with van der Waals surface area (Å²) in [5.74, 6) is 0.541. The Hall–Kier alpha value is -1.14. The van der Waals surface area contributed by atoms with Crippen LogP contribution >= 0.6 is 0 Å². The molecule has 0 aromatic rings. The van der Waals surface area contributed by atoms with Gasteiger partial charge in [0.15, 0.2) is 0 Å². The molecule has 0 saturated carbocycles. The van der Waals surface area contributed by atoms with Crippen molar-refractivity contribution < 1.29 is 13.9 Å². The quantitative estimate of drug-likeness (QED) is 0.261. The van der Waals surface area contributed by atoms with Crippen molar-refractivity contribution in [2.45, 2.75) is 107 Å². The molecule has 0 aromatic heterocycles. The molecule has 0 atom stereocenters. The van der Waals surface area contributed by atoms with Crippen LogP contribution in [0.15, 0.2) is 0 Å². The highest BCUT2D eigenvalue weighted by atomic mass is 16.2. The maximum Gasteiger partial charge on any atom is 0.222 e. The molecule has 0 rings (SSSR count). The zero-order chi connectivity index (χ0) is 25.4. The number of carbonyl (C=O) groups is 2. The maximum absolute atomic E-state index is 11.3. The van der Waals surface area contributed by atoms with Gasteiger partial charge < -0.3 is 20.9 Å². The Morgan fingerprint density at radius 2 is 1.12 bits per heavy atom. The van der Waals surface area contributed by atoms with Crippen LogP contribution in [0, 0.1) is 11.8 Å². The van der Waals surface area contributed by atoms with Gasteiger partial charge in [-0.2, -0.15) is 0 Å². The Balaban J connectivity index is -0.000000104. The fourth-order valence-electron chi connectivity index (χ4n) is 2.48. The largest absolute Gasteiger partial charge is 0.356 e. The van der Waals surface area contributed by atoms with Crippen LogP contribution in [0.25, 0.3) is 0 Å². The van der Waals surface area contributed by atoms with Crippen molar-refractivity contribution in [2.75, 3.05) is 39.8 Å². The third-order valence-electron chi connectivity index (χ3n) is 5.00. The van der Waals surface area contributed by atoms with Gasteiger partial charge in [-0.05, 0) is 66.2 Å². The number of rotatable bonds is 16. The second-order valence-corrected chi connectivity index (χ2v) is 8.94. The average Bonchev–Trinajstić information content (AvgIpc) is 2.76. The Morgan fingerprint density at radius 3 is 1.50 bits per heavy atom. The van der Waals surface area contributed by atoms with Crippen molar-refractivity contribution in [1.29, 1.82) is 0 Å². The van der Waals surface area contributed by atoms with Crippen molar-refractivity contribution in [3.8, 4) is 0 Å². The first-order chi connectivity index (χ1) is 15.1. The molecule has 0 aliphatic rings. The summed E-state index contributed by atoms with van der Waals surface area (Å²) in [6.07, 6.45) is 6.96. The summed E-state index contributed by atoms with van der Waals surface area (Å²) in [5.41, 5.74) is 0. The van der Waals surface area contributed by atoms with Gasteiger partial charge in [0.1, 0.15) is 0 Å². The zero-order valence-corrected chi connectivity index (χ0v) is 23.3. The highest BCUT2D eigenvalue weighted by Crippen LogP contribution is 2.00. The summed E-state index contributed by atoms with van der Waals surface area (Å²) in [5, 5.41) is 9.13. The van der Waals surface area contributed by atoms with E-state index in [-0.39, 0.29) is 27.9 Å². The number of carbonyl (C=O) groups excluding carboxylic acids is 2. The summed E-state index contributed by atoms with van der Waals surface area (Å²) in [6.45, 7) is 23.1. The van der Waals surface area contributed by atoms with E-state index in [0.717, 1.165) is 45.6 Å². The monoisotopic (exact) mass is 465 g/mol. The van der Waals surface area contributed by atoms with Gasteiger partial charge in [-0.1, -0.05) is 61.3 Å². The second-order valence-electron chi connectivity index (χ2n) is 8.94. The summed E-state index contributed by atoms with van der Waals surface area (Å²) < 4.78 is 0. The van der Waals surface area contributed by atoms with Gasteiger partial charge in [0, 0.05) is 35.2 Å². The number of hydrogen-bond acceptors (Lipinski definition) is 4. The first kappa shape index (κ1) is 35.4. The maximum atomic E-state index is 11.3. The van der Waals surface area contributed by atoms with Crippen LogP contribution in [0.3, 0.4) is 0 Å². The molecule has 0 aliphatic heterocycles. The van der Waals surface area contributed by atoms with E-state index in [4.69, 9.17) is 0 Å². The summed E-state index contributed by atoms with van der Waals surface area (Å²) in [6, 6.07) is 0.626. The van der Waals surface area contributed by atoms with E-state index < -0.39 is 0 Å². The van der Waals surface area contributed by atoms with E-state index in [1.807, 2.05) is 41.5 Å². The topological polar surface area (TPSA) is 73.5 Å². The Kier molecular flexibility index (Phi) is 28.9. The van der Waals surface area contributed by atoms with Crippen LogP contribution in [0.2, 0.25) is 0 Å². The summed E-state index contributed by atoms with van der Waals surface area (Å²) in [4.78, 5) is 24.8. The fourth-order valence-corrected chi connectivity index (χ4v) is 2.48. The Labute approximate surface area is 205 Å². The molecule has 0 radical (unpaired) electrons. The molecular weight excluding hydrogens is 400 g/mol. The van der Waals surface area contributed by atoms with E-state index in [1.54, 1.807) is 0 Å². The molecule has 200 valence electrons. The SMILES string of the molecule is CC.CC(C)C(=O)NCCCCCN(C)C(C)C.CCNCCCCCNC(=O)C(C)C.[HH].[HH].[HH]. The van der Waals surface area contributed by atoms with Crippen LogP contribution in [0.4, 0.5) is 0 Å². The molecule has 0 fully saturated rings. The van der Waals surface area contributed by atoms with Crippen LogP contribution in [0.1, 0.15) is 105 Å². The van der Waals surface area contributed by atoms with Gasteiger partial charge in [0.2, 0.25) is 11.8 Å². The summed E-state index contributed by atoms with van der Waals surface area (Å²) >= 11 is 0. The molecular formula is C26H64N4O2. The molecule has 0 saturated heterocycles. The molecule has 0 unspecified atom stereocenters. The first-order valence-electron chi connectivity index (χ1n) is 13.1. The van der Waals surface area contributed by atoms with Crippen molar-refractivity contribution in [1.82, 2.24) is 20.9 Å². The summed E-state index contributed by atoms with van der Waals surface area (Å²) in [7, 11) is 2.16. The molecule has 2 amide bonds. The van der Waals surface area contributed by atoms with Crippen LogP contribution in [-0.2, 0) is 9.59 Å². The first-order valence-corrected chi connectivity index (χ1v) is 13.1. The van der Waals surface area contributed by atoms with Crippen molar-refractivity contribution >= 4 is 11.8 Å². The minimum absolute atomic E-state index is 0. The lowest BCUT2D eigenvalue weighted by atomic mass is 10.2. The third-order valence-corrected chi connectivity index (χ3v) is 5.00. The normalized spacial score (nSPS) is 10.6. The zero-order valence-electron chi connectivity index (χ0n) is 23.3. The van der Waals surface area contributed by atoms with Gasteiger partial charge >= 0.3 is 0 Å². The lowest BCUT2D eigenvalue weighted by Gasteiger charge is -2.20. The minimum atomic E-state index is 0. The Bertz CT molecular complexity index is 427. The van der Waals surface area contributed by atoms with Crippen molar-refractivity contribution in [3.63, 3.8) is 0 Å². The minimum Gasteiger partial charge on any atom is -0.356 e. The number of nitrogens with zero attached hydrogens (tertiary/aromatic N) is 1. The van der Waals surface area contributed by atoms with Crippen molar-refractivity contribution in [3.05, 3.63) is 0 Å². The van der Waals surface area contributed by atoms with E-state index in [9.17, 15) is 9.59 Å². The van der Waals surface area contributed by atoms with Gasteiger partial charge in [-0.3, -0.25) is 9.59 Å². The predicted octanol–water partition coefficient (Wildman–Crippen LogP) is 5.57. The average molecular weight is 465 g/mol. The van der Waals surface area contributed by atoms with Crippen LogP contribution in [0.5, 0.6) is 0 Å². The highest BCUT2D eigenvalue weighted by Gasteiger charge is 2.06. The predicted molar refractivity (Wildman–Crippen MR) is 147 cm³/mol. The van der Waals surface area contributed by atoms with E-state index in [1.165, 1.54) is 25.7 Å². The van der Waals surface area contributed by atoms with E-state index in [2.05, 4.69) is 48.7 Å². The van der Waals surface area contributed by atoms with Gasteiger partial charge in [-0.15, -0.1) is 0 Å². The molecule has 0 heterocycles. The third kappa shape index (κ3) is 26.9. The second kappa shape index (κ2) is 26.1. The molecule has 6 heteroatoms. The van der Waals surface area contributed by atoms with Gasteiger partial charge in [0.25, 0.3) is 0 Å². The number of hydrogen-bond donors (Lipinski definition) is 3. The highest BCUT2D eigenvalue weighted by molar-refractivity contribution is 5.78. The number of unbranched alkanes of at least 4 members (excludes halogenated alkanes) is 4. The molecule has 6 nitrogen and oxygen atoms in total. The smallest absolute Gasteiger partial charge is 0.222 e. The molecule has 0 aromatic carbocycles. The van der Waals surface area contributed by atoms with E-state index in [0.29, 0.717) is 6.04 Å². The standard InChI is InChI=1S/C13H28N2O.C11H24N2O.C2H6.3H2/c1-11(2)13(16)14-9-7-6-8-10-15(5)12(3)4;1-4-12-8-6-5-7-9-13-11(14)10(2)3;1-2;;;/h11-12H,6-10H2,1-5H3,(H,14,16);10,12H,4-9H2,1-3H3,(H,13,14);1-2H3;3*1H. The molecule has 32 heavy (non-hydrogen) atoms. The van der Waals surface area contributed by atoms with Crippen LogP contribution < -0.4 is 16.0 Å². The molecule has 0 bridgehead atoms. The molecule has 0 spiro atoms. The van der Waals surface area contributed by atoms with E-state index >= 15 is 0 Å². The Morgan fingerprint density at radius 1 is 0.719 bits per heavy atom. The van der Waals surface area contributed by atoms with Gasteiger partial charge in [-0.25, -0.2) is 0 Å². The lowest BCUT2D eigenvalue weighted by Crippen LogP contribution is -2.29. The van der Waals surface area contributed by atoms with Gasteiger partial charge in [0.05, 0.1) is 0 Å². The number of nitrogens with one attached hydrogen (secondary N) is 3. The fraction of sp³-hybridized carbons (Fsp3) is 0.923. The molecule has 0 aliphatic carbocycles. The number of amides is 2. The molecule has 3 N–H and O–H groups in total.